The number of halogens is 1. The normalized spacial score (nSPS) is 15.3. The van der Waals surface area contributed by atoms with Gasteiger partial charge in [-0.1, -0.05) is 18.6 Å². The highest BCUT2D eigenvalue weighted by Crippen LogP contribution is 2.22. The van der Waals surface area contributed by atoms with Gasteiger partial charge in [0.2, 0.25) is 0 Å². The van der Waals surface area contributed by atoms with Crippen LogP contribution in [0.1, 0.15) is 36.2 Å². The van der Waals surface area contributed by atoms with E-state index in [1.807, 2.05) is 23.9 Å². The Morgan fingerprint density at radius 2 is 1.84 bits per heavy atom. The SMILES string of the molecule is Cn1cc(-c2ccc(F)cc2)cc1C(=O)NCCCN1CCCCC1. The number of carbonyl (C=O) groups is 1. The number of nitrogens with zero attached hydrogens (tertiary/aromatic N) is 2. The zero-order valence-electron chi connectivity index (χ0n) is 14.8. The van der Waals surface area contributed by atoms with Crippen LogP contribution >= 0.6 is 0 Å². The predicted octanol–water partition coefficient (Wildman–Crippen LogP) is 3.44. The molecule has 25 heavy (non-hydrogen) atoms. The Hall–Kier alpha value is -2.14. The molecule has 0 bridgehead atoms. The number of aromatic nitrogens is 1. The van der Waals surface area contributed by atoms with Crippen molar-refractivity contribution >= 4 is 5.91 Å². The number of carbonyl (C=O) groups excluding carboxylic acids is 1. The quantitative estimate of drug-likeness (QED) is 0.816. The van der Waals surface area contributed by atoms with Crippen LogP contribution in [-0.4, -0.2) is 41.6 Å². The van der Waals surface area contributed by atoms with E-state index in [0.717, 1.165) is 24.1 Å². The van der Waals surface area contributed by atoms with E-state index in [0.29, 0.717) is 12.2 Å². The van der Waals surface area contributed by atoms with Gasteiger partial charge in [-0.2, -0.15) is 0 Å². The average Bonchev–Trinajstić information content (AvgIpc) is 3.02. The number of likely N-dealkylation sites (tertiary alicyclic amines) is 1. The molecule has 2 aromatic rings. The zero-order chi connectivity index (χ0) is 17.6. The number of piperidine rings is 1. The van der Waals surface area contributed by atoms with Gasteiger partial charge in [0.15, 0.2) is 0 Å². The molecule has 0 unspecified atom stereocenters. The molecule has 1 aromatic heterocycles. The summed E-state index contributed by atoms with van der Waals surface area (Å²) in [4.78, 5) is 14.9. The van der Waals surface area contributed by atoms with Crippen LogP contribution in [0, 0.1) is 5.82 Å². The number of hydrogen-bond donors (Lipinski definition) is 1. The molecule has 1 amide bonds. The maximum absolute atomic E-state index is 13.0. The summed E-state index contributed by atoms with van der Waals surface area (Å²) in [5, 5.41) is 3.01. The molecule has 1 saturated heterocycles. The molecule has 4 nitrogen and oxygen atoms in total. The van der Waals surface area contributed by atoms with E-state index in [9.17, 15) is 9.18 Å². The van der Waals surface area contributed by atoms with Crippen LogP contribution in [0.2, 0.25) is 0 Å². The summed E-state index contributed by atoms with van der Waals surface area (Å²) in [6, 6.07) is 8.18. The second-order valence-corrected chi connectivity index (χ2v) is 6.74. The first-order chi connectivity index (χ1) is 12.1. The molecule has 0 spiro atoms. The molecule has 1 aliphatic heterocycles. The molecule has 1 fully saturated rings. The van der Waals surface area contributed by atoms with Crippen molar-refractivity contribution in [2.24, 2.45) is 7.05 Å². The van der Waals surface area contributed by atoms with Gasteiger partial charge in [0.25, 0.3) is 5.91 Å². The van der Waals surface area contributed by atoms with Crippen molar-refractivity contribution < 1.29 is 9.18 Å². The first-order valence-corrected chi connectivity index (χ1v) is 9.06. The van der Waals surface area contributed by atoms with Crippen molar-refractivity contribution in [1.29, 1.82) is 0 Å². The number of rotatable bonds is 6. The van der Waals surface area contributed by atoms with E-state index in [-0.39, 0.29) is 11.7 Å². The van der Waals surface area contributed by atoms with E-state index in [1.54, 1.807) is 12.1 Å². The van der Waals surface area contributed by atoms with Crippen LogP contribution < -0.4 is 5.32 Å². The van der Waals surface area contributed by atoms with Gasteiger partial charge < -0.3 is 14.8 Å². The van der Waals surface area contributed by atoms with Crippen LogP contribution in [0.4, 0.5) is 4.39 Å². The Morgan fingerprint density at radius 1 is 1.12 bits per heavy atom. The van der Waals surface area contributed by atoms with Crippen LogP contribution in [0.5, 0.6) is 0 Å². The van der Waals surface area contributed by atoms with Gasteiger partial charge in [0.05, 0.1) is 0 Å². The van der Waals surface area contributed by atoms with Crippen LogP contribution in [0.15, 0.2) is 36.5 Å². The minimum absolute atomic E-state index is 0.0606. The first kappa shape index (κ1) is 17.7. The number of amides is 1. The third-order valence-electron chi connectivity index (χ3n) is 4.80. The van der Waals surface area contributed by atoms with Crippen molar-refractivity contribution in [3.63, 3.8) is 0 Å². The van der Waals surface area contributed by atoms with E-state index < -0.39 is 0 Å². The van der Waals surface area contributed by atoms with E-state index in [1.165, 1.54) is 44.5 Å². The molecule has 1 aromatic carbocycles. The summed E-state index contributed by atoms with van der Waals surface area (Å²) in [7, 11) is 1.86. The Balaban J connectivity index is 1.52. The van der Waals surface area contributed by atoms with E-state index in [2.05, 4.69) is 10.2 Å². The third kappa shape index (κ3) is 4.69. The van der Waals surface area contributed by atoms with Gasteiger partial charge in [0, 0.05) is 25.4 Å². The highest BCUT2D eigenvalue weighted by molar-refractivity contribution is 5.94. The first-order valence-electron chi connectivity index (χ1n) is 9.06. The van der Waals surface area contributed by atoms with Gasteiger partial charge in [-0.05, 0) is 62.7 Å². The van der Waals surface area contributed by atoms with Crippen molar-refractivity contribution in [3.05, 3.63) is 48.0 Å². The second kappa shape index (κ2) is 8.30. The van der Waals surface area contributed by atoms with Gasteiger partial charge in [0.1, 0.15) is 11.5 Å². The lowest BCUT2D eigenvalue weighted by molar-refractivity contribution is 0.0943. The second-order valence-electron chi connectivity index (χ2n) is 6.74. The standard InChI is InChI=1S/C20H26FN3O/c1-23-15-17(16-6-8-18(21)9-7-16)14-19(23)20(25)22-10-5-13-24-11-3-2-4-12-24/h6-9,14-15H,2-5,10-13H2,1H3,(H,22,25). The molecule has 2 heterocycles. The molecule has 3 rings (SSSR count). The van der Waals surface area contributed by atoms with Gasteiger partial charge in [-0.25, -0.2) is 4.39 Å². The number of nitrogens with one attached hydrogen (secondary N) is 1. The number of aryl methyl sites for hydroxylation is 1. The van der Waals surface area contributed by atoms with E-state index >= 15 is 0 Å². The molecule has 5 heteroatoms. The minimum Gasteiger partial charge on any atom is -0.351 e. The monoisotopic (exact) mass is 343 g/mol. The van der Waals surface area contributed by atoms with Crippen LogP contribution in [-0.2, 0) is 7.05 Å². The smallest absolute Gasteiger partial charge is 0.267 e. The van der Waals surface area contributed by atoms with Gasteiger partial charge >= 0.3 is 0 Å². The van der Waals surface area contributed by atoms with Crippen molar-refractivity contribution in [2.45, 2.75) is 25.7 Å². The molecule has 1 aliphatic rings. The Labute approximate surface area is 148 Å². The van der Waals surface area contributed by atoms with Gasteiger partial charge in [-0.3, -0.25) is 4.79 Å². The fraction of sp³-hybridized carbons (Fsp3) is 0.450. The fourth-order valence-electron chi connectivity index (χ4n) is 3.37. The van der Waals surface area contributed by atoms with Crippen molar-refractivity contribution in [3.8, 4) is 11.1 Å². The molecule has 0 saturated carbocycles. The van der Waals surface area contributed by atoms with Crippen molar-refractivity contribution in [1.82, 2.24) is 14.8 Å². The Kier molecular flexibility index (Phi) is 5.87. The number of benzene rings is 1. The summed E-state index contributed by atoms with van der Waals surface area (Å²) in [6.07, 6.45) is 6.80. The van der Waals surface area contributed by atoms with Crippen LogP contribution in [0.3, 0.4) is 0 Å². The highest BCUT2D eigenvalue weighted by Gasteiger charge is 2.13. The maximum Gasteiger partial charge on any atom is 0.267 e. The molecular weight excluding hydrogens is 317 g/mol. The fourth-order valence-corrected chi connectivity index (χ4v) is 3.37. The molecule has 0 aliphatic carbocycles. The van der Waals surface area contributed by atoms with Crippen molar-refractivity contribution in [2.75, 3.05) is 26.2 Å². The lowest BCUT2D eigenvalue weighted by Gasteiger charge is -2.26. The molecular formula is C20H26FN3O. The summed E-state index contributed by atoms with van der Waals surface area (Å²) < 4.78 is 14.9. The summed E-state index contributed by atoms with van der Waals surface area (Å²) in [6.45, 7) is 4.11. The Morgan fingerprint density at radius 3 is 2.56 bits per heavy atom. The topological polar surface area (TPSA) is 37.3 Å². The van der Waals surface area contributed by atoms with E-state index in [4.69, 9.17) is 0 Å². The lowest BCUT2D eigenvalue weighted by atomic mass is 10.1. The molecule has 134 valence electrons. The Bertz CT molecular complexity index is 702. The van der Waals surface area contributed by atoms with Crippen LogP contribution in [0.25, 0.3) is 11.1 Å². The largest absolute Gasteiger partial charge is 0.351 e. The summed E-state index contributed by atoms with van der Waals surface area (Å²) in [5.74, 6) is -0.319. The maximum atomic E-state index is 13.0. The molecule has 1 N–H and O–H groups in total. The molecule has 0 radical (unpaired) electrons. The number of hydrogen-bond acceptors (Lipinski definition) is 2. The summed E-state index contributed by atoms with van der Waals surface area (Å²) in [5.41, 5.74) is 2.44. The minimum atomic E-state index is -0.258. The van der Waals surface area contributed by atoms with Gasteiger partial charge in [-0.15, -0.1) is 0 Å². The highest BCUT2D eigenvalue weighted by atomic mass is 19.1. The summed E-state index contributed by atoms with van der Waals surface area (Å²) >= 11 is 0. The zero-order valence-corrected chi connectivity index (χ0v) is 14.8. The lowest BCUT2D eigenvalue weighted by Crippen LogP contribution is -2.33. The molecule has 0 atom stereocenters. The predicted molar refractivity (Wildman–Crippen MR) is 98.0 cm³/mol. The third-order valence-corrected chi connectivity index (χ3v) is 4.80. The average molecular weight is 343 g/mol.